The molecule has 3 rings (SSSR count). The summed E-state index contributed by atoms with van der Waals surface area (Å²) in [7, 11) is 3.18. The van der Waals surface area contributed by atoms with Crippen LogP contribution in [0.3, 0.4) is 0 Å². The van der Waals surface area contributed by atoms with Crippen molar-refractivity contribution in [3.05, 3.63) is 24.7 Å². The lowest BCUT2D eigenvalue weighted by Gasteiger charge is -2.10. The number of nitrogens with zero attached hydrogens (tertiary/aromatic N) is 3. The average molecular weight is 244 g/mol. The SMILES string of the molecule is COc1cc2nc(N)c3cncn3c2cc1OC. The van der Waals surface area contributed by atoms with Gasteiger partial charge in [0.15, 0.2) is 11.5 Å². The predicted octanol–water partition coefficient (Wildman–Crippen LogP) is 1.48. The Kier molecular flexibility index (Phi) is 2.22. The van der Waals surface area contributed by atoms with E-state index in [4.69, 9.17) is 15.2 Å². The lowest BCUT2D eigenvalue weighted by Crippen LogP contribution is -1.99. The molecule has 0 saturated carbocycles. The molecule has 0 aliphatic carbocycles. The van der Waals surface area contributed by atoms with Crippen LogP contribution >= 0.6 is 0 Å². The van der Waals surface area contributed by atoms with E-state index in [-0.39, 0.29) is 0 Å². The Hall–Kier alpha value is -2.50. The minimum atomic E-state index is 0.437. The molecule has 2 N–H and O–H groups in total. The van der Waals surface area contributed by atoms with E-state index in [0.717, 1.165) is 16.6 Å². The second-order valence-electron chi connectivity index (χ2n) is 3.84. The summed E-state index contributed by atoms with van der Waals surface area (Å²) in [6.45, 7) is 0. The molecule has 3 aromatic rings. The van der Waals surface area contributed by atoms with Crippen molar-refractivity contribution in [1.29, 1.82) is 0 Å². The Bertz CT molecular complexity index is 736. The highest BCUT2D eigenvalue weighted by molar-refractivity contribution is 5.86. The van der Waals surface area contributed by atoms with Crippen molar-refractivity contribution in [3.8, 4) is 11.5 Å². The van der Waals surface area contributed by atoms with Gasteiger partial charge in [0.25, 0.3) is 0 Å². The van der Waals surface area contributed by atoms with Crippen LogP contribution in [0.1, 0.15) is 0 Å². The zero-order chi connectivity index (χ0) is 12.7. The van der Waals surface area contributed by atoms with Crippen molar-refractivity contribution in [2.24, 2.45) is 0 Å². The summed E-state index contributed by atoms with van der Waals surface area (Å²) >= 11 is 0. The van der Waals surface area contributed by atoms with Gasteiger partial charge in [-0.1, -0.05) is 0 Å². The topological polar surface area (TPSA) is 74.7 Å². The van der Waals surface area contributed by atoms with Crippen LogP contribution in [0, 0.1) is 0 Å². The summed E-state index contributed by atoms with van der Waals surface area (Å²) < 4.78 is 12.4. The van der Waals surface area contributed by atoms with Crippen LogP contribution in [0.5, 0.6) is 11.5 Å². The molecule has 0 bridgehead atoms. The number of hydrogen-bond acceptors (Lipinski definition) is 5. The highest BCUT2D eigenvalue weighted by atomic mass is 16.5. The van der Waals surface area contributed by atoms with E-state index in [1.54, 1.807) is 32.8 Å². The van der Waals surface area contributed by atoms with Crippen molar-refractivity contribution >= 4 is 22.4 Å². The molecule has 6 heteroatoms. The Morgan fingerprint density at radius 3 is 2.56 bits per heavy atom. The van der Waals surface area contributed by atoms with Gasteiger partial charge in [0, 0.05) is 12.1 Å². The van der Waals surface area contributed by atoms with Gasteiger partial charge in [-0.25, -0.2) is 9.97 Å². The molecule has 92 valence electrons. The second kappa shape index (κ2) is 3.76. The zero-order valence-electron chi connectivity index (χ0n) is 10.0. The highest BCUT2D eigenvalue weighted by Gasteiger charge is 2.11. The number of benzene rings is 1. The lowest BCUT2D eigenvalue weighted by molar-refractivity contribution is 0.355. The fourth-order valence-corrected chi connectivity index (χ4v) is 2.00. The zero-order valence-corrected chi connectivity index (χ0v) is 10.0. The fraction of sp³-hybridized carbons (Fsp3) is 0.167. The second-order valence-corrected chi connectivity index (χ2v) is 3.84. The maximum absolute atomic E-state index is 5.88. The molecule has 1 aromatic carbocycles. The number of nitrogen functional groups attached to an aromatic ring is 1. The van der Waals surface area contributed by atoms with Gasteiger partial charge in [-0.15, -0.1) is 0 Å². The molecule has 0 saturated heterocycles. The molecule has 2 aromatic heterocycles. The molecule has 0 amide bonds. The fourth-order valence-electron chi connectivity index (χ4n) is 2.00. The molecular formula is C12H12N4O2. The third-order valence-electron chi connectivity index (χ3n) is 2.88. The normalized spacial score (nSPS) is 11.0. The van der Waals surface area contributed by atoms with E-state index >= 15 is 0 Å². The van der Waals surface area contributed by atoms with Crippen LogP contribution in [0.2, 0.25) is 0 Å². The van der Waals surface area contributed by atoms with E-state index in [1.165, 1.54) is 0 Å². The number of methoxy groups -OCH3 is 2. The van der Waals surface area contributed by atoms with Crippen LogP contribution < -0.4 is 15.2 Å². The van der Waals surface area contributed by atoms with Crippen molar-refractivity contribution in [2.75, 3.05) is 20.0 Å². The first-order chi connectivity index (χ1) is 8.74. The number of fused-ring (bicyclic) bond motifs is 3. The molecule has 0 unspecified atom stereocenters. The third kappa shape index (κ3) is 1.35. The first kappa shape index (κ1) is 10.6. The number of hydrogen-bond donors (Lipinski definition) is 1. The van der Waals surface area contributed by atoms with Gasteiger partial charge < -0.3 is 15.2 Å². The Labute approximate surface area is 103 Å². The van der Waals surface area contributed by atoms with Crippen molar-refractivity contribution in [3.63, 3.8) is 0 Å². The summed E-state index contributed by atoms with van der Waals surface area (Å²) in [5, 5.41) is 0. The van der Waals surface area contributed by atoms with Gasteiger partial charge >= 0.3 is 0 Å². The molecular weight excluding hydrogens is 232 g/mol. The molecule has 6 nitrogen and oxygen atoms in total. The predicted molar refractivity (Wildman–Crippen MR) is 68.0 cm³/mol. The number of rotatable bonds is 2. The number of imidazole rings is 1. The van der Waals surface area contributed by atoms with Gasteiger partial charge in [0.05, 0.1) is 37.8 Å². The van der Waals surface area contributed by atoms with Gasteiger partial charge in [-0.3, -0.25) is 4.40 Å². The van der Waals surface area contributed by atoms with E-state index in [2.05, 4.69) is 9.97 Å². The first-order valence-corrected chi connectivity index (χ1v) is 5.38. The van der Waals surface area contributed by atoms with Gasteiger partial charge in [-0.05, 0) is 0 Å². The summed E-state index contributed by atoms with van der Waals surface area (Å²) in [4.78, 5) is 8.42. The van der Waals surface area contributed by atoms with Gasteiger partial charge in [-0.2, -0.15) is 0 Å². The maximum atomic E-state index is 5.88. The van der Waals surface area contributed by atoms with Crippen LogP contribution in [0.25, 0.3) is 16.6 Å². The average Bonchev–Trinajstić information content (AvgIpc) is 2.87. The number of aromatic nitrogens is 3. The molecule has 18 heavy (non-hydrogen) atoms. The molecule has 0 aliphatic heterocycles. The highest BCUT2D eigenvalue weighted by Crippen LogP contribution is 2.32. The van der Waals surface area contributed by atoms with Crippen molar-refractivity contribution in [1.82, 2.24) is 14.4 Å². The minimum absolute atomic E-state index is 0.437. The molecule has 0 spiro atoms. The van der Waals surface area contributed by atoms with E-state index in [1.807, 2.05) is 10.5 Å². The minimum Gasteiger partial charge on any atom is -0.493 e. The number of nitrogens with two attached hydrogens (primary N) is 1. The van der Waals surface area contributed by atoms with Gasteiger partial charge in [0.1, 0.15) is 11.3 Å². The van der Waals surface area contributed by atoms with E-state index in [9.17, 15) is 0 Å². The van der Waals surface area contributed by atoms with Crippen molar-refractivity contribution in [2.45, 2.75) is 0 Å². The molecule has 0 fully saturated rings. The Morgan fingerprint density at radius 2 is 1.83 bits per heavy atom. The smallest absolute Gasteiger partial charge is 0.163 e. The van der Waals surface area contributed by atoms with Crippen LogP contribution in [0.15, 0.2) is 24.7 Å². The maximum Gasteiger partial charge on any atom is 0.163 e. The van der Waals surface area contributed by atoms with Crippen molar-refractivity contribution < 1.29 is 9.47 Å². The summed E-state index contributed by atoms with van der Waals surface area (Å²) in [5.41, 5.74) is 8.26. The van der Waals surface area contributed by atoms with Crippen LogP contribution in [0.4, 0.5) is 5.82 Å². The molecule has 0 atom stereocenters. The summed E-state index contributed by atoms with van der Waals surface area (Å²) in [5.74, 6) is 1.70. The first-order valence-electron chi connectivity index (χ1n) is 5.38. The summed E-state index contributed by atoms with van der Waals surface area (Å²) in [6, 6.07) is 3.65. The largest absolute Gasteiger partial charge is 0.493 e. The molecule has 0 radical (unpaired) electrons. The number of anilines is 1. The number of ether oxygens (including phenoxy) is 2. The van der Waals surface area contributed by atoms with E-state index < -0.39 is 0 Å². The Balaban J connectivity index is 2.46. The molecule has 2 heterocycles. The van der Waals surface area contributed by atoms with Gasteiger partial charge in [0.2, 0.25) is 0 Å². The Morgan fingerprint density at radius 1 is 1.11 bits per heavy atom. The summed E-state index contributed by atoms with van der Waals surface area (Å²) in [6.07, 6.45) is 3.38. The monoisotopic (exact) mass is 244 g/mol. The van der Waals surface area contributed by atoms with E-state index in [0.29, 0.717) is 17.3 Å². The lowest BCUT2D eigenvalue weighted by atomic mass is 10.2. The quantitative estimate of drug-likeness (QED) is 0.739. The molecule has 0 aliphatic rings. The third-order valence-corrected chi connectivity index (χ3v) is 2.88. The van der Waals surface area contributed by atoms with Crippen LogP contribution in [-0.2, 0) is 0 Å². The van der Waals surface area contributed by atoms with Crippen LogP contribution in [-0.4, -0.2) is 28.6 Å². The standard InChI is InChI=1S/C12H12N4O2/c1-17-10-3-7-8(4-11(10)18-2)16-6-14-5-9(16)12(13)15-7/h3-6H,1-2H3,(H2,13,15).